The molecule has 5 rings (SSSR count). The van der Waals surface area contributed by atoms with Crippen molar-refractivity contribution >= 4 is 11.8 Å². The molecular weight excluding hydrogens is 416 g/mol. The second-order valence-electron chi connectivity index (χ2n) is 8.89. The standard InChI is InChI=1S/C27H28N2O4/c1-18-10-11-20(17-19(18)2)24-25(33-22-7-4-3-5-8-22)27(31)29(24)21-12-14-28(15-13-21)26(30)23-9-6-16-32-23/h3-11,16-17,21,24-25H,12-15H2,1-2H3/t24-,25-/m1/s1. The lowest BCUT2D eigenvalue weighted by molar-refractivity contribution is -0.171. The monoisotopic (exact) mass is 444 g/mol. The van der Waals surface area contributed by atoms with Gasteiger partial charge in [-0.05, 0) is 67.6 Å². The summed E-state index contributed by atoms with van der Waals surface area (Å²) in [6.45, 7) is 5.37. The Bertz CT molecular complexity index is 1130. The summed E-state index contributed by atoms with van der Waals surface area (Å²) in [4.78, 5) is 29.7. The van der Waals surface area contributed by atoms with Crippen LogP contribution in [0.4, 0.5) is 0 Å². The lowest BCUT2D eigenvalue weighted by Crippen LogP contribution is -2.65. The molecule has 2 amide bonds. The van der Waals surface area contributed by atoms with Gasteiger partial charge in [-0.1, -0.05) is 36.4 Å². The van der Waals surface area contributed by atoms with Gasteiger partial charge in [-0.3, -0.25) is 9.59 Å². The number of likely N-dealkylation sites (tertiary alicyclic amines) is 2. The zero-order chi connectivity index (χ0) is 22.9. The van der Waals surface area contributed by atoms with Gasteiger partial charge in [0.05, 0.1) is 6.26 Å². The van der Waals surface area contributed by atoms with E-state index in [9.17, 15) is 9.59 Å². The summed E-state index contributed by atoms with van der Waals surface area (Å²) in [5, 5.41) is 0. The highest BCUT2D eigenvalue weighted by Crippen LogP contribution is 2.42. The van der Waals surface area contributed by atoms with E-state index in [4.69, 9.17) is 9.15 Å². The Morgan fingerprint density at radius 3 is 2.39 bits per heavy atom. The van der Waals surface area contributed by atoms with Crippen LogP contribution in [0.5, 0.6) is 5.75 Å². The van der Waals surface area contributed by atoms with E-state index in [1.165, 1.54) is 17.4 Å². The summed E-state index contributed by atoms with van der Waals surface area (Å²) >= 11 is 0. The molecular formula is C27H28N2O4. The van der Waals surface area contributed by atoms with Crippen LogP contribution in [0, 0.1) is 13.8 Å². The van der Waals surface area contributed by atoms with E-state index in [-0.39, 0.29) is 23.9 Å². The average molecular weight is 445 g/mol. The number of nitrogens with zero attached hydrogens (tertiary/aromatic N) is 2. The van der Waals surface area contributed by atoms with Crippen molar-refractivity contribution in [3.63, 3.8) is 0 Å². The first kappa shape index (κ1) is 21.3. The van der Waals surface area contributed by atoms with Gasteiger partial charge in [-0.25, -0.2) is 0 Å². The van der Waals surface area contributed by atoms with Crippen molar-refractivity contribution in [2.45, 2.75) is 44.9 Å². The number of amides is 2. The lowest BCUT2D eigenvalue weighted by atomic mass is 9.85. The summed E-state index contributed by atoms with van der Waals surface area (Å²) in [5.74, 6) is 0.975. The predicted molar refractivity (Wildman–Crippen MR) is 124 cm³/mol. The number of para-hydroxylation sites is 1. The first-order valence-corrected chi connectivity index (χ1v) is 11.5. The minimum absolute atomic E-state index is 0.0119. The van der Waals surface area contributed by atoms with Crippen molar-refractivity contribution in [3.05, 3.63) is 89.4 Å². The first-order valence-electron chi connectivity index (χ1n) is 11.5. The number of ether oxygens (including phenoxy) is 1. The fourth-order valence-electron chi connectivity index (χ4n) is 4.84. The molecule has 0 radical (unpaired) electrons. The van der Waals surface area contributed by atoms with Crippen molar-refractivity contribution in [1.29, 1.82) is 0 Å². The number of aryl methyl sites for hydroxylation is 2. The maximum atomic E-state index is 13.3. The van der Waals surface area contributed by atoms with E-state index >= 15 is 0 Å². The van der Waals surface area contributed by atoms with Crippen molar-refractivity contribution in [2.24, 2.45) is 0 Å². The highest BCUT2D eigenvalue weighted by Gasteiger charge is 2.53. The van der Waals surface area contributed by atoms with E-state index in [0.29, 0.717) is 24.6 Å². The van der Waals surface area contributed by atoms with Gasteiger partial charge in [0, 0.05) is 19.1 Å². The number of furan rings is 1. The normalized spacial score (nSPS) is 21.1. The second kappa shape index (κ2) is 8.77. The van der Waals surface area contributed by atoms with E-state index in [1.807, 2.05) is 40.1 Å². The van der Waals surface area contributed by atoms with Crippen LogP contribution in [0.15, 0.2) is 71.3 Å². The van der Waals surface area contributed by atoms with Gasteiger partial charge in [0.25, 0.3) is 11.8 Å². The van der Waals surface area contributed by atoms with Crippen LogP contribution in [0.2, 0.25) is 0 Å². The van der Waals surface area contributed by atoms with Crippen LogP contribution in [-0.2, 0) is 4.79 Å². The third kappa shape index (κ3) is 4.01. The molecule has 0 bridgehead atoms. The van der Waals surface area contributed by atoms with E-state index < -0.39 is 6.10 Å². The predicted octanol–water partition coefficient (Wildman–Crippen LogP) is 4.53. The molecule has 2 aliphatic rings. The second-order valence-corrected chi connectivity index (χ2v) is 8.89. The Morgan fingerprint density at radius 2 is 1.73 bits per heavy atom. The van der Waals surface area contributed by atoms with E-state index in [2.05, 4.69) is 32.0 Å². The molecule has 6 heteroatoms. The van der Waals surface area contributed by atoms with Crippen LogP contribution in [0.3, 0.4) is 0 Å². The van der Waals surface area contributed by atoms with Crippen LogP contribution >= 0.6 is 0 Å². The SMILES string of the molecule is Cc1ccc([C@@H]2[C@@H](Oc3ccccc3)C(=O)N2C2CCN(C(=O)c3ccco3)CC2)cc1C. The minimum atomic E-state index is -0.544. The lowest BCUT2D eigenvalue weighted by Gasteiger charge is -2.52. The number of β-lactam (4-membered cyclic amide) rings is 1. The van der Waals surface area contributed by atoms with Crippen LogP contribution in [-0.4, -0.2) is 46.8 Å². The summed E-state index contributed by atoms with van der Waals surface area (Å²) in [5.41, 5.74) is 3.51. The molecule has 2 saturated heterocycles. The molecule has 33 heavy (non-hydrogen) atoms. The Hall–Kier alpha value is -3.54. The molecule has 0 saturated carbocycles. The van der Waals surface area contributed by atoms with Crippen molar-refractivity contribution in [2.75, 3.05) is 13.1 Å². The molecule has 2 aromatic carbocycles. The molecule has 0 spiro atoms. The van der Waals surface area contributed by atoms with Crippen molar-refractivity contribution < 1.29 is 18.7 Å². The largest absolute Gasteiger partial charge is 0.478 e. The first-order chi connectivity index (χ1) is 16.0. The number of carbonyl (C=O) groups excluding carboxylic acids is 2. The summed E-state index contributed by atoms with van der Waals surface area (Å²) < 4.78 is 11.4. The quantitative estimate of drug-likeness (QED) is 0.543. The minimum Gasteiger partial charge on any atom is -0.478 e. The molecule has 2 fully saturated rings. The number of benzene rings is 2. The Labute approximate surface area is 193 Å². The average Bonchev–Trinajstić information content (AvgIpc) is 3.38. The third-order valence-corrected chi connectivity index (χ3v) is 6.84. The van der Waals surface area contributed by atoms with Crippen molar-refractivity contribution in [1.82, 2.24) is 9.80 Å². The van der Waals surface area contributed by atoms with Crippen LogP contribution < -0.4 is 4.74 Å². The Kier molecular flexibility index (Phi) is 5.67. The highest BCUT2D eigenvalue weighted by atomic mass is 16.5. The molecule has 3 aromatic rings. The summed E-state index contributed by atoms with van der Waals surface area (Å²) in [6.07, 6.45) is 2.44. The summed E-state index contributed by atoms with van der Waals surface area (Å²) in [6, 6.07) is 19.2. The molecule has 6 nitrogen and oxygen atoms in total. The zero-order valence-corrected chi connectivity index (χ0v) is 18.9. The maximum absolute atomic E-state index is 13.3. The summed E-state index contributed by atoms with van der Waals surface area (Å²) in [7, 11) is 0. The Morgan fingerprint density at radius 1 is 0.970 bits per heavy atom. The number of carbonyl (C=O) groups is 2. The van der Waals surface area contributed by atoms with Gasteiger partial charge in [0.2, 0.25) is 6.10 Å². The van der Waals surface area contributed by atoms with Gasteiger partial charge in [-0.2, -0.15) is 0 Å². The van der Waals surface area contributed by atoms with E-state index in [1.54, 1.807) is 12.1 Å². The van der Waals surface area contributed by atoms with Gasteiger partial charge in [0.1, 0.15) is 11.8 Å². The van der Waals surface area contributed by atoms with Gasteiger partial charge < -0.3 is 19.0 Å². The zero-order valence-electron chi connectivity index (χ0n) is 18.9. The highest BCUT2D eigenvalue weighted by molar-refractivity contribution is 5.92. The number of rotatable bonds is 5. The Balaban J connectivity index is 1.35. The molecule has 170 valence electrons. The number of piperidine rings is 1. The van der Waals surface area contributed by atoms with Crippen LogP contribution in [0.1, 0.15) is 46.1 Å². The smallest absolute Gasteiger partial charge is 0.289 e. The molecule has 0 aliphatic carbocycles. The maximum Gasteiger partial charge on any atom is 0.289 e. The molecule has 0 N–H and O–H groups in total. The van der Waals surface area contributed by atoms with Gasteiger partial charge >= 0.3 is 0 Å². The van der Waals surface area contributed by atoms with E-state index in [0.717, 1.165) is 18.4 Å². The van der Waals surface area contributed by atoms with Gasteiger partial charge in [-0.15, -0.1) is 0 Å². The third-order valence-electron chi connectivity index (χ3n) is 6.84. The molecule has 2 atom stereocenters. The number of hydrogen-bond donors (Lipinski definition) is 0. The fraction of sp³-hybridized carbons (Fsp3) is 0.333. The fourth-order valence-corrected chi connectivity index (χ4v) is 4.84. The molecule has 2 aliphatic heterocycles. The molecule has 0 unspecified atom stereocenters. The van der Waals surface area contributed by atoms with Crippen molar-refractivity contribution in [3.8, 4) is 5.75 Å². The number of hydrogen-bond acceptors (Lipinski definition) is 4. The van der Waals surface area contributed by atoms with Gasteiger partial charge in [0.15, 0.2) is 5.76 Å². The molecule has 3 heterocycles. The topological polar surface area (TPSA) is 63.0 Å². The van der Waals surface area contributed by atoms with Crippen LogP contribution in [0.25, 0.3) is 0 Å². The molecule has 1 aromatic heterocycles.